The fourth-order valence-corrected chi connectivity index (χ4v) is 4.11. The van der Waals surface area contributed by atoms with E-state index in [9.17, 15) is 4.79 Å². The molecule has 1 heterocycles. The van der Waals surface area contributed by atoms with Crippen LogP contribution in [-0.2, 0) is 24.3 Å². The predicted octanol–water partition coefficient (Wildman–Crippen LogP) is 3.32. The van der Waals surface area contributed by atoms with Gasteiger partial charge in [0.2, 0.25) is 5.91 Å². The average molecular weight is 457 g/mol. The molecule has 0 aliphatic heterocycles. The molecule has 0 saturated carbocycles. The molecule has 0 aliphatic rings. The summed E-state index contributed by atoms with van der Waals surface area (Å²) in [5.41, 5.74) is 1.97. The predicted molar refractivity (Wildman–Crippen MR) is 124 cm³/mol. The van der Waals surface area contributed by atoms with Crippen molar-refractivity contribution in [1.29, 1.82) is 0 Å². The van der Waals surface area contributed by atoms with Crippen LogP contribution in [0.1, 0.15) is 23.9 Å². The molecule has 0 saturated heterocycles. The number of amides is 1. The van der Waals surface area contributed by atoms with E-state index >= 15 is 0 Å². The van der Waals surface area contributed by atoms with E-state index in [0.717, 1.165) is 23.1 Å². The molecule has 2 aromatic carbocycles. The number of carbonyl (C=O) groups excluding carboxylic acids is 1. The van der Waals surface area contributed by atoms with Gasteiger partial charge < -0.3 is 24.1 Å². The summed E-state index contributed by atoms with van der Waals surface area (Å²) in [7, 11) is 4.71. The number of hydrogen-bond donors (Lipinski definition) is 1. The molecule has 1 amide bonds. The van der Waals surface area contributed by atoms with Crippen molar-refractivity contribution in [2.75, 3.05) is 27.1 Å². The van der Waals surface area contributed by atoms with Crippen LogP contribution in [0.3, 0.4) is 0 Å². The minimum Gasteiger partial charge on any atom is -0.496 e. The molecule has 170 valence electrons. The van der Waals surface area contributed by atoms with Crippen LogP contribution >= 0.6 is 11.8 Å². The van der Waals surface area contributed by atoms with Crippen molar-refractivity contribution in [3.8, 4) is 17.2 Å². The van der Waals surface area contributed by atoms with Crippen molar-refractivity contribution in [2.45, 2.75) is 31.6 Å². The first kappa shape index (κ1) is 23.5. The van der Waals surface area contributed by atoms with E-state index in [-0.39, 0.29) is 11.7 Å². The number of aromatic nitrogens is 3. The number of methoxy groups -OCH3 is 3. The third kappa shape index (κ3) is 5.73. The zero-order valence-corrected chi connectivity index (χ0v) is 19.6. The Morgan fingerprint density at radius 1 is 1.00 bits per heavy atom. The number of nitrogens with one attached hydrogen (secondary N) is 1. The lowest BCUT2D eigenvalue weighted by Crippen LogP contribution is -2.25. The summed E-state index contributed by atoms with van der Waals surface area (Å²) in [4.78, 5) is 12.5. The lowest BCUT2D eigenvalue weighted by atomic mass is 10.1. The molecular formula is C23H28N4O4S. The lowest BCUT2D eigenvalue weighted by Gasteiger charge is -2.14. The van der Waals surface area contributed by atoms with Crippen LogP contribution in [0.5, 0.6) is 17.2 Å². The Morgan fingerprint density at radius 2 is 1.69 bits per heavy atom. The highest BCUT2D eigenvalue weighted by Crippen LogP contribution is 2.34. The second-order valence-electron chi connectivity index (χ2n) is 6.89. The summed E-state index contributed by atoms with van der Waals surface area (Å²) >= 11 is 1.37. The van der Waals surface area contributed by atoms with E-state index in [1.54, 1.807) is 33.5 Å². The molecule has 0 fully saturated rings. The highest BCUT2D eigenvalue weighted by molar-refractivity contribution is 7.99. The Kier molecular flexibility index (Phi) is 8.38. The van der Waals surface area contributed by atoms with E-state index in [2.05, 4.69) is 27.6 Å². The molecule has 0 spiro atoms. The van der Waals surface area contributed by atoms with Gasteiger partial charge in [-0.25, -0.2) is 0 Å². The van der Waals surface area contributed by atoms with Crippen molar-refractivity contribution >= 4 is 17.7 Å². The van der Waals surface area contributed by atoms with Gasteiger partial charge in [-0.05, 0) is 18.6 Å². The summed E-state index contributed by atoms with van der Waals surface area (Å²) in [5.74, 6) is 2.78. The molecule has 0 unspecified atom stereocenters. The first-order valence-corrected chi connectivity index (χ1v) is 11.2. The van der Waals surface area contributed by atoms with Gasteiger partial charge in [0.1, 0.15) is 11.6 Å². The maximum atomic E-state index is 12.5. The average Bonchev–Trinajstić information content (AvgIpc) is 3.22. The van der Waals surface area contributed by atoms with Crippen LogP contribution in [-0.4, -0.2) is 47.8 Å². The Labute approximate surface area is 192 Å². The molecule has 3 rings (SSSR count). The fraction of sp³-hybridized carbons (Fsp3) is 0.348. The van der Waals surface area contributed by atoms with Gasteiger partial charge in [-0.2, -0.15) is 0 Å². The van der Waals surface area contributed by atoms with Gasteiger partial charge in [-0.3, -0.25) is 4.79 Å². The smallest absolute Gasteiger partial charge is 0.230 e. The van der Waals surface area contributed by atoms with Crippen molar-refractivity contribution < 1.29 is 19.0 Å². The van der Waals surface area contributed by atoms with Gasteiger partial charge in [0, 0.05) is 31.1 Å². The van der Waals surface area contributed by atoms with Crippen molar-refractivity contribution in [3.05, 3.63) is 59.4 Å². The Morgan fingerprint density at radius 3 is 2.34 bits per heavy atom. The zero-order chi connectivity index (χ0) is 22.9. The van der Waals surface area contributed by atoms with Crippen LogP contribution in [0.2, 0.25) is 0 Å². The van der Waals surface area contributed by atoms with Gasteiger partial charge in [0.25, 0.3) is 0 Å². The zero-order valence-electron chi connectivity index (χ0n) is 18.8. The molecule has 0 radical (unpaired) electrons. The number of thioether (sulfide) groups is 1. The van der Waals surface area contributed by atoms with Crippen LogP contribution in [0.4, 0.5) is 0 Å². The third-order valence-electron chi connectivity index (χ3n) is 4.91. The molecule has 0 bridgehead atoms. The summed E-state index contributed by atoms with van der Waals surface area (Å²) in [6.45, 7) is 3.09. The summed E-state index contributed by atoms with van der Waals surface area (Å²) in [6.07, 6.45) is 0.702. The molecule has 0 aliphatic carbocycles. The molecule has 1 N–H and O–H groups in total. The first-order chi connectivity index (χ1) is 15.6. The Hall–Kier alpha value is -3.20. The van der Waals surface area contributed by atoms with Gasteiger partial charge in [0.15, 0.2) is 16.7 Å². The maximum absolute atomic E-state index is 12.5. The fourth-order valence-electron chi connectivity index (χ4n) is 3.26. The largest absolute Gasteiger partial charge is 0.496 e. The van der Waals surface area contributed by atoms with Gasteiger partial charge in [-0.15, -0.1) is 10.2 Å². The molecule has 0 atom stereocenters. The van der Waals surface area contributed by atoms with E-state index in [1.165, 1.54) is 17.3 Å². The number of benzene rings is 2. The molecule has 3 aromatic rings. The number of carbonyl (C=O) groups is 1. The van der Waals surface area contributed by atoms with E-state index in [4.69, 9.17) is 14.2 Å². The molecule has 9 heteroatoms. The second-order valence-corrected chi connectivity index (χ2v) is 7.83. The van der Waals surface area contributed by atoms with Gasteiger partial charge >= 0.3 is 0 Å². The number of hydrogen-bond acceptors (Lipinski definition) is 7. The Bertz CT molecular complexity index is 1040. The normalized spacial score (nSPS) is 10.6. The minimum atomic E-state index is -0.109. The minimum absolute atomic E-state index is 0.109. The quantitative estimate of drug-likeness (QED) is 0.443. The van der Waals surface area contributed by atoms with Crippen molar-refractivity contribution in [2.24, 2.45) is 0 Å². The molecule has 8 nitrogen and oxygen atoms in total. The van der Waals surface area contributed by atoms with Crippen LogP contribution in [0, 0.1) is 0 Å². The van der Waals surface area contributed by atoms with E-state index in [1.807, 2.05) is 29.7 Å². The number of rotatable bonds is 11. The van der Waals surface area contributed by atoms with Crippen molar-refractivity contribution in [1.82, 2.24) is 20.1 Å². The van der Waals surface area contributed by atoms with Crippen LogP contribution in [0.15, 0.2) is 47.6 Å². The number of ether oxygens (including phenoxy) is 3. The van der Waals surface area contributed by atoms with Crippen LogP contribution in [0.25, 0.3) is 0 Å². The monoisotopic (exact) mass is 456 g/mol. The van der Waals surface area contributed by atoms with E-state index < -0.39 is 0 Å². The van der Waals surface area contributed by atoms with Crippen LogP contribution < -0.4 is 19.5 Å². The standard InChI is InChI=1S/C23H28N4O4S/c1-5-27-21(11-16-9-7-6-8-10-16)25-26-23(27)32-15-22(28)24-14-17-12-19(30-3)20(31-4)13-18(17)29-2/h6-10,12-13H,5,11,14-15H2,1-4H3,(H,24,28). The molecular weight excluding hydrogens is 428 g/mol. The van der Waals surface area contributed by atoms with Gasteiger partial charge in [-0.1, -0.05) is 42.1 Å². The van der Waals surface area contributed by atoms with Crippen molar-refractivity contribution in [3.63, 3.8) is 0 Å². The lowest BCUT2D eigenvalue weighted by molar-refractivity contribution is -0.118. The number of nitrogens with zero attached hydrogens (tertiary/aromatic N) is 3. The molecule has 1 aromatic heterocycles. The molecule has 32 heavy (non-hydrogen) atoms. The summed E-state index contributed by atoms with van der Waals surface area (Å²) in [5, 5.41) is 12.3. The SMILES string of the molecule is CCn1c(Cc2ccccc2)nnc1SCC(=O)NCc1cc(OC)c(OC)cc1OC. The topological polar surface area (TPSA) is 87.5 Å². The Balaban J connectivity index is 1.60. The highest BCUT2D eigenvalue weighted by Gasteiger charge is 2.15. The van der Waals surface area contributed by atoms with E-state index in [0.29, 0.717) is 30.2 Å². The first-order valence-electron chi connectivity index (χ1n) is 10.2. The summed E-state index contributed by atoms with van der Waals surface area (Å²) in [6, 6.07) is 13.7. The third-order valence-corrected chi connectivity index (χ3v) is 5.88. The second kappa shape index (κ2) is 11.4. The van der Waals surface area contributed by atoms with Gasteiger partial charge in [0.05, 0.1) is 27.1 Å². The maximum Gasteiger partial charge on any atom is 0.230 e. The summed E-state index contributed by atoms with van der Waals surface area (Å²) < 4.78 is 18.1. The highest BCUT2D eigenvalue weighted by atomic mass is 32.2.